The number of esters is 1. The van der Waals surface area contributed by atoms with Gasteiger partial charge in [-0.2, -0.15) is 0 Å². The number of aliphatic carboxylic acids is 1. The van der Waals surface area contributed by atoms with E-state index in [-0.39, 0.29) is 6.04 Å². The second-order valence-corrected chi connectivity index (χ2v) is 5.69. The van der Waals surface area contributed by atoms with Crippen LogP contribution in [0, 0.1) is 5.92 Å². The van der Waals surface area contributed by atoms with Gasteiger partial charge in [-0.1, -0.05) is 6.42 Å². The summed E-state index contributed by atoms with van der Waals surface area (Å²) in [5.41, 5.74) is 0. The summed E-state index contributed by atoms with van der Waals surface area (Å²) in [5.74, 6) is -1.18. The van der Waals surface area contributed by atoms with Crippen molar-refractivity contribution in [2.75, 3.05) is 24.8 Å². The zero-order valence-electron chi connectivity index (χ0n) is 11.6. The van der Waals surface area contributed by atoms with E-state index in [1.165, 1.54) is 6.92 Å². The molecule has 116 valence electrons. The van der Waals surface area contributed by atoms with Gasteiger partial charge in [0.2, 0.25) is 0 Å². The Morgan fingerprint density at radius 3 is 2.30 bits per heavy atom. The second-order valence-electron chi connectivity index (χ2n) is 4.93. The second kappa shape index (κ2) is 8.70. The number of carbonyl (C=O) groups excluding carboxylic acids is 1. The minimum atomic E-state index is -0.919. The molecule has 0 bridgehead atoms. The summed E-state index contributed by atoms with van der Waals surface area (Å²) in [4.78, 5) is 24.7. The SMILES string of the molecule is CC(=O)O[C@@H]1[C@@H](C(=O)O)CCC[C@H]1N(CCCl)CCCl. The molecular weight excluding hydrogens is 305 g/mol. The van der Waals surface area contributed by atoms with E-state index in [1.807, 2.05) is 4.90 Å². The summed E-state index contributed by atoms with van der Waals surface area (Å²) in [7, 11) is 0. The van der Waals surface area contributed by atoms with Crippen molar-refractivity contribution in [3.8, 4) is 0 Å². The highest BCUT2D eigenvalue weighted by Gasteiger charge is 2.42. The predicted octanol–water partition coefficient (Wildman–Crippen LogP) is 1.95. The van der Waals surface area contributed by atoms with E-state index in [9.17, 15) is 14.7 Å². The zero-order valence-corrected chi connectivity index (χ0v) is 13.1. The van der Waals surface area contributed by atoms with Gasteiger partial charge in [0.05, 0.1) is 5.92 Å². The highest BCUT2D eigenvalue weighted by Crippen LogP contribution is 2.31. The van der Waals surface area contributed by atoms with Crippen LogP contribution in [0.15, 0.2) is 0 Å². The summed E-state index contributed by atoms with van der Waals surface area (Å²) in [6.45, 7) is 2.50. The van der Waals surface area contributed by atoms with E-state index in [2.05, 4.69) is 0 Å². The fourth-order valence-corrected chi connectivity index (χ4v) is 3.25. The van der Waals surface area contributed by atoms with Crippen LogP contribution in [0.4, 0.5) is 0 Å². The first-order valence-electron chi connectivity index (χ1n) is 6.77. The number of carboxylic acids is 1. The molecule has 0 aromatic carbocycles. The third kappa shape index (κ3) is 4.79. The quantitative estimate of drug-likeness (QED) is 0.572. The number of alkyl halides is 2. The number of carbonyl (C=O) groups is 2. The third-order valence-electron chi connectivity index (χ3n) is 3.62. The summed E-state index contributed by atoms with van der Waals surface area (Å²) >= 11 is 11.6. The lowest BCUT2D eigenvalue weighted by Gasteiger charge is -2.41. The van der Waals surface area contributed by atoms with Crippen LogP contribution in [-0.4, -0.2) is 58.9 Å². The largest absolute Gasteiger partial charge is 0.481 e. The Kier molecular flexibility index (Phi) is 7.62. The molecular formula is C13H21Cl2NO4. The van der Waals surface area contributed by atoms with Gasteiger partial charge in [0.25, 0.3) is 0 Å². The van der Waals surface area contributed by atoms with Crippen LogP contribution >= 0.6 is 23.2 Å². The summed E-state index contributed by atoms with van der Waals surface area (Å²) in [6, 6.07) is -0.133. The highest BCUT2D eigenvalue weighted by atomic mass is 35.5. The molecule has 0 unspecified atom stereocenters. The fraction of sp³-hybridized carbons (Fsp3) is 0.846. The van der Waals surface area contributed by atoms with Gasteiger partial charge < -0.3 is 9.84 Å². The minimum absolute atomic E-state index is 0.133. The topological polar surface area (TPSA) is 66.8 Å². The number of hydrogen-bond acceptors (Lipinski definition) is 4. The van der Waals surface area contributed by atoms with E-state index in [0.717, 1.165) is 12.8 Å². The first-order valence-corrected chi connectivity index (χ1v) is 7.84. The number of rotatable bonds is 7. The molecule has 1 aliphatic carbocycles. The standard InChI is InChI=1S/C13H21Cl2NO4/c1-9(17)20-12-10(13(18)19)3-2-4-11(12)16(7-5-14)8-6-15/h10-12H,2-8H2,1H3,(H,18,19)/t10-,11+,12+/m0/s1. The minimum Gasteiger partial charge on any atom is -0.481 e. The van der Waals surface area contributed by atoms with Gasteiger partial charge in [-0.3, -0.25) is 14.5 Å². The Bertz CT molecular complexity index is 334. The molecule has 0 heterocycles. The molecule has 1 saturated carbocycles. The van der Waals surface area contributed by atoms with Gasteiger partial charge >= 0.3 is 11.9 Å². The van der Waals surface area contributed by atoms with E-state index in [4.69, 9.17) is 27.9 Å². The van der Waals surface area contributed by atoms with Crippen LogP contribution < -0.4 is 0 Å². The van der Waals surface area contributed by atoms with Crippen LogP contribution in [0.25, 0.3) is 0 Å². The molecule has 7 heteroatoms. The van der Waals surface area contributed by atoms with Crippen LogP contribution in [-0.2, 0) is 14.3 Å². The monoisotopic (exact) mass is 325 g/mol. The maximum atomic E-state index is 11.4. The third-order valence-corrected chi connectivity index (χ3v) is 3.96. The van der Waals surface area contributed by atoms with E-state index in [0.29, 0.717) is 31.3 Å². The Morgan fingerprint density at radius 2 is 1.85 bits per heavy atom. The van der Waals surface area contributed by atoms with Gasteiger partial charge in [-0.15, -0.1) is 23.2 Å². The number of nitrogens with zero attached hydrogens (tertiary/aromatic N) is 1. The van der Waals surface area contributed by atoms with Gasteiger partial charge in [0, 0.05) is 37.8 Å². The van der Waals surface area contributed by atoms with Gasteiger partial charge in [0.1, 0.15) is 6.10 Å². The maximum Gasteiger partial charge on any atom is 0.310 e. The van der Waals surface area contributed by atoms with E-state index in [1.54, 1.807) is 0 Å². The summed E-state index contributed by atoms with van der Waals surface area (Å²) < 4.78 is 5.30. The lowest BCUT2D eigenvalue weighted by Crippen LogP contribution is -2.53. The molecule has 0 aromatic rings. The Labute approximate surface area is 129 Å². The van der Waals surface area contributed by atoms with Crippen LogP contribution in [0.2, 0.25) is 0 Å². The zero-order chi connectivity index (χ0) is 15.1. The van der Waals surface area contributed by atoms with Crippen molar-refractivity contribution in [2.24, 2.45) is 5.92 Å². The molecule has 0 aliphatic heterocycles. The van der Waals surface area contributed by atoms with Crippen molar-refractivity contribution in [1.29, 1.82) is 0 Å². The van der Waals surface area contributed by atoms with Gasteiger partial charge in [-0.05, 0) is 12.8 Å². The van der Waals surface area contributed by atoms with Crippen molar-refractivity contribution in [1.82, 2.24) is 4.90 Å². The summed E-state index contributed by atoms with van der Waals surface area (Å²) in [6.07, 6.45) is 1.47. The number of carboxylic acid groups (broad SMARTS) is 1. The fourth-order valence-electron chi connectivity index (χ4n) is 2.81. The molecule has 1 rings (SSSR count). The molecule has 0 aromatic heterocycles. The molecule has 1 aliphatic rings. The van der Waals surface area contributed by atoms with Crippen molar-refractivity contribution >= 4 is 35.1 Å². The molecule has 3 atom stereocenters. The number of hydrogen-bond donors (Lipinski definition) is 1. The van der Waals surface area contributed by atoms with E-state index >= 15 is 0 Å². The Morgan fingerprint density at radius 1 is 1.25 bits per heavy atom. The smallest absolute Gasteiger partial charge is 0.310 e. The molecule has 5 nitrogen and oxygen atoms in total. The van der Waals surface area contributed by atoms with Crippen molar-refractivity contribution < 1.29 is 19.4 Å². The van der Waals surface area contributed by atoms with E-state index < -0.39 is 24.0 Å². The Balaban J connectivity index is 2.91. The van der Waals surface area contributed by atoms with Gasteiger partial charge in [0.15, 0.2) is 0 Å². The molecule has 0 spiro atoms. The average molecular weight is 326 g/mol. The molecule has 0 amide bonds. The first kappa shape index (κ1) is 17.5. The van der Waals surface area contributed by atoms with Crippen LogP contribution in [0.5, 0.6) is 0 Å². The van der Waals surface area contributed by atoms with Crippen molar-refractivity contribution in [3.63, 3.8) is 0 Å². The normalized spacial score (nSPS) is 26.5. The molecule has 1 fully saturated rings. The maximum absolute atomic E-state index is 11.4. The first-order chi connectivity index (χ1) is 9.51. The average Bonchev–Trinajstić information content (AvgIpc) is 2.38. The molecule has 0 radical (unpaired) electrons. The van der Waals surface area contributed by atoms with Crippen molar-refractivity contribution in [2.45, 2.75) is 38.3 Å². The van der Waals surface area contributed by atoms with Crippen molar-refractivity contribution in [3.05, 3.63) is 0 Å². The lowest BCUT2D eigenvalue weighted by atomic mass is 9.82. The summed E-state index contributed by atoms with van der Waals surface area (Å²) in [5, 5.41) is 9.32. The Hall–Kier alpha value is -0.520. The molecule has 20 heavy (non-hydrogen) atoms. The molecule has 0 saturated heterocycles. The van der Waals surface area contributed by atoms with Crippen LogP contribution in [0.3, 0.4) is 0 Å². The number of ether oxygens (including phenoxy) is 1. The lowest BCUT2D eigenvalue weighted by molar-refractivity contribution is -0.165. The van der Waals surface area contributed by atoms with Gasteiger partial charge in [-0.25, -0.2) is 0 Å². The molecule has 1 N–H and O–H groups in total. The number of halogens is 2. The predicted molar refractivity (Wildman–Crippen MR) is 77.3 cm³/mol. The van der Waals surface area contributed by atoms with Crippen LogP contribution in [0.1, 0.15) is 26.2 Å². The highest BCUT2D eigenvalue weighted by molar-refractivity contribution is 6.18.